The highest BCUT2D eigenvalue weighted by Crippen LogP contribution is 2.18. The third kappa shape index (κ3) is 3.82. The number of ketones is 1. The average molecular weight is 317 g/mol. The SMILES string of the molecule is CC(=O)c1ccc(N2CCN(C(=O)N[C@H]3CCOC3)CC2)cc1. The summed E-state index contributed by atoms with van der Waals surface area (Å²) in [6, 6.07) is 7.82. The Hall–Kier alpha value is -2.08. The minimum Gasteiger partial charge on any atom is -0.379 e. The maximum atomic E-state index is 12.2. The van der Waals surface area contributed by atoms with Gasteiger partial charge in [0.2, 0.25) is 0 Å². The smallest absolute Gasteiger partial charge is 0.317 e. The molecule has 2 saturated heterocycles. The van der Waals surface area contributed by atoms with Crippen LogP contribution < -0.4 is 10.2 Å². The lowest BCUT2D eigenvalue weighted by Crippen LogP contribution is -2.53. The van der Waals surface area contributed by atoms with E-state index in [2.05, 4.69) is 10.2 Å². The van der Waals surface area contributed by atoms with E-state index in [4.69, 9.17) is 4.74 Å². The summed E-state index contributed by atoms with van der Waals surface area (Å²) < 4.78 is 5.28. The molecule has 0 aliphatic carbocycles. The maximum Gasteiger partial charge on any atom is 0.317 e. The number of hydrogen-bond donors (Lipinski definition) is 1. The molecule has 0 bridgehead atoms. The summed E-state index contributed by atoms with van der Waals surface area (Å²) in [5, 5.41) is 3.03. The Bertz CT molecular complexity index is 559. The predicted octanol–water partition coefficient (Wildman–Crippen LogP) is 1.51. The minimum absolute atomic E-state index is 0.00655. The van der Waals surface area contributed by atoms with Crippen LogP contribution in [0.15, 0.2) is 24.3 Å². The van der Waals surface area contributed by atoms with E-state index >= 15 is 0 Å². The number of hydrogen-bond acceptors (Lipinski definition) is 4. The van der Waals surface area contributed by atoms with Crippen LogP contribution in [0.25, 0.3) is 0 Å². The summed E-state index contributed by atoms with van der Waals surface area (Å²) in [4.78, 5) is 27.6. The van der Waals surface area contributed by atoms with Gasteiger partial charge in [-0.25, -0.2) is 4.79 Å². The van der Waals surface area contributed by atoms with Crippen molar-refractivity contribution in [3.05, 3.63) is 29.8 Å². The molecule has 124 valence electrons. The van der Waals surface area contributed by atoms with E-state index in [9.17, 15) is 9.59 Å². The van der Waals surface area contributed by atoms with Gasteiger partial charge in [0.25, 0.3) is 0 Å². The van der Waals surface area contributed by atoms with Gasteiger partial charge in [-0.3, -0.25) is 4.79 Å². The zero-order valence-electron chi connectivity index (χ0n) is 13.5. The zero-order valence-corrected chi connectivity index (χ0v) is 13.5. The molecule has 1 aromatic rings. The number of carbonyl (C=O) groups is 2. The van der Waals surface area contributed by atoms with Gasteiger partial charge in [-0.1, -0.05) is 0 Å². The molecule has 0 radical (unpaired) electrons. The molecule has 0 saturated carbocycles. The number of nitrogens with one attached hydrogen (secondary N) is 1. The molecule has 0 aromatic heterocycles. The van der Waals surface area contributed by atoms with Gasteiger partial charge in [-0.15, -0.1) is 0 Å². The van der Waals surface area contributed by atoms with Crippen molar-refractivity contribution in [2.24, 2.45) is 0 Å². The molecule has 6 nitrogen and oxygen atoms in total. The molecule has 1 N–H and O–H groups in total. The van der Waals surface area contributed by atoms with Gasteiger partial charge in [-0.05, 0) is 37.6 Å². The number of Topliss-reactive ketones (excluding diaryl/α,β-unsaturated/α-hetero) is 1. The molecular formula is C17H23N3O3. The number of carbonyl (C=O) groups excluding carboxylic acids is 2. The fourth-order valence-electron chi connectivity index (χ4n) is 2.99. The Labute approximate surface area is 136 Å². The highest BCUT2D eigenvalue weighted by molar-refractivity contribution is 5.94. The van der Waals surface area contributed by atoms with Crippen molar-refractivity contribution in [1.82, 2.24) is 10.2 Å². The molecule has 1 aromatic carbocycles. The fraction of sp³-hybridized carbons (Fsp3) is 0.529. The van der Waals surface area contributed by atoms with Gasteiger partial charge >= 0.3 is 6.03 Å². The second-order valence-corrected chi connectivity index (χ2v) is 6.09. The van der Waals surface area contributed by atoms with Crippen molar-refractivity contribution in [1.29, 1.82) is 0 Å². The highest BCUT2D eigenvalue weighted by Gasteiger charge is 2.24. The van der Waals surface area contributed by atoms with Crippen molar-refractivity contribution in [3.63, 3.8) is 0 Å². The van der Waals surface area contributed by atoms with Gasteiger partial charge < -0.3 is 19.9 Å². The second kappa shape index (κ2) is 7.00. The van der Waals surface area contributed by atoms with E-state index < -0.39 is 0 Å². The van der Waals surface area contributed by atoms with Crippen LogP contribution in [0.2, 0.25) is 0 Å². The van der Waals surface area contributed by atoms with Crippen molar-refractivity contribution < 1.29 is 14.3 Å². The van der Waals surface area contributed by atoms with E-state index in [-0.39, 0.29) is 17.9 Å². The number of anilines is 1. The van der Waals surface area contributed by atoms with Crippen LogP contribution in [-0.4, -0.2) is 62.1 Å². The van der Waals surface area contributed by atoms with Crippen molar-refractivity contribution in [2.75, 3.05) is 44.3 Å². The molecule has 2 amide bonds. The maximum absolute atomic E-state index is 12.2. The number of piperazine rings is 1. The third-order valence-corrected chi connectivity index (χ3v) is 4.46. The van der Waals surface area contributed by atoms with Crippen molar-refractivity contribution in [3.8, 4) is 0 Å². The third-order valence-electron chi connectivity index (χ3n) is 4.46. The molecule has 2 aliphatic rings. The van der Waals surface area contributed by atoms with Gasteiger partial charge in [0.1, 0.15) is 0 Å². The van der Waals surface area contributed by atoms with Gasteiger partial charge in [0.05, 0.1) is 12.6 Å². The number of nitrogens with zero attached hydrogens (tertiary/aromatic N) is 2. The molecule has 23 heavy (non-hydrogen) atoms. The summed E-state index contributed by atoms with van der Waals surface area (Å²) in [6.45, 7) is 5.93. The first-order valence-corrected chi connectivity index (χ1v) is 8.12. The summed E-state index contributed by atoms with van der Waals surface area (Å²) >= 11 is 0. The Morgan fingerprint density at radius 3 is 2.39 bits per heavy atom. The molecule has 1 atom stereocenters. The first-order chi connectivity index (χ1) is 11.1. The van der Waals surface area contributed by atoms with Gasteiger partial charge in [-0.2, -0.15) is 0 Å². The number of ether oxygens (including phenoxy) is 1. The van der Waals surface area contributed by atoms with Crippen LogP contribution in [0.5, 0.6) is 0 Å². The summed E-state index contributed by atoms with van der Waals surface area (Å²) in [5.74, 6) is 0.0777. The lowest BCUT2D eigenvalue weighted by Gasteiger charge is -2.36. The molecule has 2 fully saturated rings. The lowest BCUT2D eigenvalue weighted by atomic mass is 10.1. The number of urea groups is 1. The Balaban J connectivity index is 1.51. The first kappa shape index (κ1) is 15.8. The first-order valence-electron chi connectivity index (χ1n) is 8.12. The van der Waals surface area contributed by atoms with Crippen LogP contribution in [-0.2, 0) is 4.74 Å². The average Bonchev–Trinajstić information content (AvgIpc) is 3.08. The fourth-order valence-corrected chi connectivity index (χ4v) is 2.99. The second-order valence-electron chi connectivity index (χ2n) is 6.09. The molecule has 0 spiro atoms. The van der Waals surface area contributed by atoms with E-state index in [1.807, 2.05) is 29.2 Å². The molecule has 3 rings (SSSR count). The highest BCUT2D eigenvalue weighted by atomic mass is 16.5. The quantitative estimate of drug-likeness (QED) is 0.859. The monoisotopic (exact) mass is 317 g/mol. The number of benzene rings is 1. The largest absolute Gasteiger partial charge is 0.379 e. The predicted molar refractivity (Wildman–Crippen MR) is 88.0 cm³/mol. The lowest BCUT2D eigenvalue weighted by molar-refractivity contribution is 0.101. The molecule has 6 heteroatoms. The van der Waals surface area contributed by atoms with Crippen LogP contribution in [0.1, 0.15) is 23.7 Å². The Kier molecular flexibility index (Phi) is 4.81. The minimum atomic E-state index is 0.00655. The van der Waals surface area contributed by atoms with Gasteiger partial charge in [0, 0.05) is 44.0 Å². The van der Waals surface area contributed by atoms with Crippen molar-refractivity contribution >= 4 is 17.5 Å². The van der Waals surface area contributed by atoms with Crippen LogP contribution in [0.4, 0.5) is 10.5 Å². The van der Waals surface area contributed by atoms with Crippen molar-refractivity contribution in [2.45, 2.75) is 19.4 Å². The Morgan fingerprint density at radius 1 is 1.13 bits per heavy atom. The van der Waals surface area contributed by atoms with Gasteiger partial charge in [0.15, 0.2) is 5.78 Å². The normalized spacial score (nSPS) is 21.3. The zero-order chi connectivity index (χ0) is 16.2. The topological polar surface area (TPSA) is 61.9 Å². The Morgan fingerprint density at radius 2 is 1.83 bits per heavy atom. The number of amides is 2. The van der Waals surface area contributed by atoms with Crippen LogP contribution in [0, 0.1) is 0 Å². The standard InChI is InChI=1S/C17H23N3O3/c1-13(21)14-2-4-16(5-3-14)19-7-9-20(10-8-19)17(22)18-15-6-11-23-12-15/h2-5,15H,6-12H2,1H3,(H,18,22)/t15-/m0/s1. The van der Waals surface area contributed by atoms with Crippen LogP contribution >= 0.6 is 0 Å². The molecule has 0 unspecified atom stereocenters. The summed E-state index contributed by atoms with van der Waals surface area (Å²) in [5.41, 5.74) is 1.82. The summed E-state index contributed by atoms with van der Waals surface area (Å²) in [6.07, 6.45) is 0.897. The molecule has 2 aliphatic heterocycles. The number of rotatable bonds is 3. The van der Waals surface area contributed by atoms with E-state index in [1.54, 1.807) is 6.92 Å². The molecular weight excluding hydrogens is 294 g/mol. The van der Waals surface area contributed by atoms with Crippen LogP contribution in [0.3, 0.4) is 0 Å². The van der Waals surface area contributed by atoms with E-state index in [1.165, 1.54) is 0 Å². The summed E-state index contributed by atoms with van der Waals surface area (Å²) in [7, 11) is 0. The molecule has 2 heterocycles. The van der Waals surface area contributed by atoms with E-state index in [0.29, 0.717) is 19.7 Å². The van der Waals surface area contributed by atoms with E-state index in [0.717, 1.165) is 37.4 Å².